The molecule has 1 N–H and O–H groups in total. The molecule has 0 amide bonds. The van der Waals surface area contributed by atoms with E-state index in [1.165, 1.54) is 5.56 Å². The van der Waals surface area contributed by atoms with Crippen molar-refractivity contribution in [2.75, 3.05) is 11.4 Å². The minimum absolute atomic E-state index is 0.462. The number of carbonyl (C=O) groups is 1. The van der Waals surface area contributed by atoms with Gasteiger partial charge in [0.2, 0.25) is 0 Å². The number of aliphatic carboxylic acids is 1. The molecule has 1 saturated heterocycles. The molecule has 1 fully saturated rings. The zero-order valence-electron chi connectivity index (χ0n) is 12.2. The molecule has 1 atom stereocenters. The average molecular weight is 295 g/mol. The van der Waals surface area contributed by atoms with Crippen LogP contribution in [-0.4, -0.2) is 33.6 Å². The molecule has 1 unspecified atom stereocenters. The SMILES string of the molecule is O=C(O)C1CCCN1c1ncnc2c1CCc1ccccc1-2. The number of nitrogens with zero attached hydrogens (tertiary/aromatic N) is 3. The van der Waals surface area contributed by atoms with Gasteiger partial charge in [0.05, 0.1) is 5.69 Å². The van der Waals surface area contributed by atoms with Gasteiger partial charge in [-0.1, -0.05) is 24.3 Å². The van der Waals surface area contributed by atoms with Crippen LogP contribution in [0.3, 0.4) is 0 Å². The molecule has 112 valence electrons. The van der Waals surface area contributed by atoms with Crippen molar-refractivity contribution >= 4 is 11.8 Å². The number of aryl methyl sites for hydroxylation is 1. The van der Waals surface area contributed by atoms with Gasteiger partial charge in [-0.15, -0.1) is 0 Å². The number of rotatable bonds is 2. The summed E-state index contributed by atoms with van der Waals surface area (Å²) in [7, 11) is 0. The lowest BCUT2D eigenvalue weighted by Gasteiger charge is -2.28. The third-order valence-electron chi connectivity index (χ3n) is 4.65. The van der Waals surface area contributed by atoms with Gasteiger partial charge in [0.1, 0.15) is 18.2 Å². The predicted molar refractivity (Wildman–Crippen MR) is 82.9 cm³/mol. The first-order valence-electron chi connectivity index (χ1n) is 7.67. The molecule has 2 aromatic rings. The first kappa shape index (κ1) is 13.2. The minimum atomic E-state index is -0.763. The van der Waals surface area contributed by atoms with Gasteiger partial charge < -0.3 is 10.0 Å². The number of aromatic nitrogens is 2. The molecule has 5 heteroatoms. The first-order chi connectivity index (χ1) is 10.8. The van der Waals surface area contributed by atoms with Crippen LogP contribution in [0.1, 0.15) is 24.0 Å². The lowest BCUT2D eigenvalue weighted by atomic mass is 9.89. The van der Waals surface area contributed by atoms with Crippen molar-refractivity contribution in [1.29, 1.82) is 0 Å². The average Bonchev–Trinajstić information content (AvgIpc) is 3.04. The fourth-order valence-electron chi connectivity index (χ4n) is 3.62. The van der Waals surface area contributed by atoms with Crippen LogP contribution in [0.2, 0.25) is 0 Å². The molecule has 1 aliphatic carbocycles. The van der Waals surface area contributed by atoms with Crippen LogP contribution in [0, 0.1) is 0 Å². The van der Waals surface area contributed by atoms with Crippen LogP contribution in [0.4, 0.5) is 5.82 Å². The molecule has 0 saturated carbocycles. The normalized spacial score (nSPS) is 19.6. The summed E-state index contributed by atoms with van der Waals surface area (Å²) in [6.07, 6.45) is 4.96. The van der Waals surface area contributed by atoms with Crippen molar-refractivity contribution in [3.05, 3.63) is 41.7 Å². The van der Waals surface area contributed by atoms with Gasteiger partial charge in [0.25, 0.3) is 0 Å². The molecular formula is C17H17N3O2. The zero-order chi connectivity index (χ0) is 15.1. The fourth-order valence-corrected chi connectivity index (χ4v) is 3.62. The van der Waals surface area contributed by atoms with Crippen LogP contribution in [0.5, 0.6) is 0 Å². The largest absolute Gasteiger partial charge is 0.480 e. The molecule has 22 heavy (non-hydrogen) atoms. The van der Waals surface area contributed by atoms with Gasteiger partial charge in [0, 0.05) is 17.7 Å². The van der Waals surface area contributed by atoms with E-state index in [1.807, 2.05) is 17.0 Å². The van der Waals surface area contributed by atoms with Gasteiger partial charge in [-0.05, 0) is 31.2 Å². The lowest BCUT2D eigenvalue weighted by molar-refractivity contribution is -0.138. The Morgan fingerprint density at radius 2 is 2.09 bits per heavy atom. The third kappa shape index (κ3) is 1.96. The van der Waals surface area contributed by atoms with Gasteiger partial charge in [0.15, 0.2) is 0 Å². The molecule has 1 aromatic carbocycles. The molecule has 0 bridgehead atoms. The number of fused-ring (bicyclic) bond motifs is 3. The molecule has 5 nitrogen and oxygen atoms in total. The second-order valence-electron chi connectivity index (χ2n) is 5.87. The Balaban J connectivity index is 1.83. The number of benzene rings is 1. The number of carboxylic acids is 1. The van der Waals surface area contributed by atoms with Crippen molar-refractivity contribution in [1.82, 2.24) is 9.97 Å². The smallest absolute Gasteiger partial charge is 0.326 e. The highest BCUT2D eigenvalue weighted by Crippen LogP contribution is 2.37. The van der Waals surface area contributed by atoms with Gasteiger partial charge >= 0.3 is 5.97 Å². The molecule has 2 heterocycles. The summed E-state index contributed by atoms with van der Waals surface area (Å²) < 4.78 is 0. The van der Waals surface area contributed by atoms with Crippen LogP contribution in [0.25, 0.3) is 11.3 Å². The maximum absolute atomic E-state index is 11.5. The molecule has 4 rings (SSSR count). The van der Waals surface area contributed by atoms with E-state index in [2.05, 4.69) is 22.1 Å². The molecule has 0 spiro atoms. The van der Waals surface area contributed by atoms with E-state index in [-0.39, 0.29) is 0 Å². The summed E-state index contributed by atoms with van der Waals surface area (Å²) in [5.41, 5.74) is 4.51. The standard InChI is InChI=1S/C17H17N3O2/c21-17(22)14-6-3-9-20(14)16-13-8-7-11-4-1-2-5-12(11)15(13)18-10-19-16/h1-2,4-5,10,14H,3,6-9H2,(H,21,22). The Kier molecular flexibility index (Phi) is 3.06. The van der Waals surface area contributed by atoms with Crippen molar-refractivity contribution in [2.45, 2.75) is 31.7 Å². The Morgan fingerprint density at radius 3 is 2.95 bits per heavy atom. The van der Waals surface area contributed by atoms with Crippen LogP contribution in [0.15, 0.2) is 30.6 Å². The van der Waals surface area contributed by atoms with Crippen molar-refractivity contribution < 1.29 is 9.90 Å². The summed E-state index contributed by atoms with van der Waals surface area (Å²) in [5, 5.41) is 9.42. The maximum Gasteiger partial charge on any atom is 0.326 e. The number of carboxylic acid groups (broad SMARTS) is 1. The molecule has 2 aliphatic rings. The van der Waals surface area contributed by atoms with Crippen molar-refractivity contribution in [3.63, 3.8) is 0 Å². The summed E-state index contributed by atoms with van der Waals surface area (Å²) in [4.78, 5) is 22.3. The first-order valence-corrected chi connectivity index (χ1v) is 7.67. The van der Waals surface area contributed by atoms with E-state index in [0.29, 0.717) is 6.42 Å². The second-order valence-corrected chi connectivity index (χ2v) is 5.87. The summed E-state index contributed by atoms with van der Waals surface area (Å²) in [5.74, 6) is 0.0467. The van der Waals surface area contributed by atoms with E-state index in [1.54, 1.807) is 6.33 Å². The predicted octanol–water partition coefficient (Wildman–Crippen LogP) is 2.30. The monoisotopic (exact) mass is 295 g/mol. The van der Waals surface area contributed by atoms with E-state index in [0.717, 1.165) is 48.4 Å². The summed E-state index contributed by atoms with van der Waals surface area (Å²) >= 11 is 0. The van der Waals surface area contributed by atoms with E-state index < -0.39 is 12.0 Å². The van der Waals surface area contributed by atoms with Gasteiger partial charge in [-0.25, -0.2) is 14.8 Å². The van der Waals surface area contributed by atoms with Crippen molar-refractivity contribution in [2.24, 2.45) is 0 Å². The van der Waals surface area contributed by atoms with Crippen LogP contribution >= 0.6 is 0 Å². The van der Waals surface area contributed by atoms with E-state index >= 15 is 0 Å². The molecule has 0 radical (unpaired) electrons. The highest BCUT2D eigenvalue weighted by atomic mass is 16.4. The Labute approximate surface area is 128 Å². The Bertz CT molecular complexity index is 744. The fraction of sp³-hybridized carbons (Fsp3) is 0.353. The lowest BCUT2D eigenvalue weighted by Crippen LogP contribution is -2.37. The highest BCUT2D eigenvalue weighted by Gasteiger charge is 2.34. The zero-order valence-corrected chi connectivity index (χ0v) is 12.2. The quantitative estimate of drug-likeness (QED) is 0.921. The van der Waals surface area contributed by atoms with Gasteiger partial charge in [-0.3, -0.25) is 0 Å². The van der Waals surface area contributed by atoms with E-state index in [4.69, 9.17) is 0 Å². The topological polar surface area (TPSA) is 66.3 Å². The maximum atomic E-state index is 11.5. The second kappa shape index (κ2) is 5.09. The summed E-state index contributed by atoms with van der Waals surface area (Å²) in [6, 6.07) is 7.83. The van der Waals surface area contributed by atoms with E-state index in [9.17, 15) is 9.90 Å². The molecule has 1 aromatic heterocycles. The number of anilines is 1. The van der Waals surface area contributed by atoms with Crippen LogP contribution < -0.4 is 4.90 Å². The Morgan fingerprint density at radius 1 is 1.23 bits per heavy atom. The Hall–Kier alpha value is -2.43. The molecule has 1 aliphatic heterocycles. The highest BCUT2D eigenvalue weighted by molar-refractivity contribution is 5.81. The number of hydrogen-bond donors (Lipinski definition) is 1. The number of hydrogen-bond acceptors (Lipinski definition) is 4. The van der Waals surface area contributed by atoms with Crippen LogP contribution in [-0.2, 0) is 17.6 Å². The molecular weight excluding hydrogens is 278 g/mol. The van der Waals surface area contributed by atoms with Gasteiger partial charge in [-0.2, -0.15) is 0 Å². The minimum Gasteiger partial charge on any atom is -0.480 e. The third-order valence-corrected chi connectivity index (χ3v) is 4.65. The summed E-state index contributed by atoms with van der Waals surface area (Å²) in [6.45, 7) is 0.752. The van der Waals surface area contributed by atoms with Crippen molar-refractivity contribution in [3.8, 4) is 11.3 Å².